The molecule has 13 heteroatoms. The molecule has 260 valence electrons. The summed E-state index contributed by atoms with van der Waals surface area (Å²) in [6, 6.07) is 12.6. The summed E-state index contributed by atoms with van der Waals surface area (Å²) in [6.45, 7) is 2.56. The van der Waals surface area contributed by atoms with Gasteiger partial charge in [0.15, 0.2) is 11.5 Å². The Kier molecular flexibility index (Phi) is 9.57. The summed E-state index contributed by atoms with van der Waals surface area (Å²) in [5, 5.41) is 6.71. The Bertz CT molecular complexity index is 1990. The van der Waals surface area contributed by atoms with Gasteiger partial charge < -0.3 is 34.5 Å². The first kappa shape index (κ1) is 33.3. The van der Waals surface area contributed by atoms with Gasteiger partial charge in [0.1, 0.15) is 5.69 Å². The van der Waals surface area contributed by atoms with Crippen LogP contribution in [0.2, 0.25) is 0 Å². The van der Waals surface area contributed by atoms with E-state index < -0.39 is 0 Å². The number of rotatable bonds is 10. The van der Waals surface area contributed by atoms with Gasteiger partial charge in [0.05, 0.1) is 41.6 Å². The van der Waals surface area contributed by atoms with Gasteiger partial charge in [0.2, 0.25) is 5.91 Å². The number of ether oxygens (including phenoxy) is 2. The second kappa shape index (κ2) is 14.4. The largest absolute Gasteiger partial charge is 0.493 e. The van der Waals surface area contributed by atoms with Crippen molar-refractivity contribution in [3.8, 4) is 11.5 Å². The van der Waals surface area contributed by atoms with Gasteiger partial charge in [-0.2, -0.15) is 0 Å². The Hall–Kier alpha value is -5.17. The minimum atomic E-state index is -0.318. The Labute approximate surface area is 294 Å². The summed E-state index contributed by atoms with van der Waals surface area (Å²) >= 11 is 1.47. The first-order valence-electron chi connectivity index (χ1n) is 17.1. The van der Waals surface area contributed by atoms with Crippen molar-refractivity contribution in [2.75, 3.05) is 44.0 Å². The smallest absolute Gasteiger partial charge is 0.272 e. The number of methoxy groups -OCH3 is 1. The lowest BCUT2D eigenvalue weighted by molar-refractivity contribution is -0.116. The summed E-state index contributed by atoms with van der Waals surface area (Å²) in [7, 11) is 3.27. The number of nitrogens with zero attached hydrogens (tertiary/aromatic N) is 4. The van der Waals surface area contributed by atoms with Gasteiger partial charge in [-0.05, 0) is 80.3 Å². The minimum Gasteiger partial charge on any atom is -0.493 e. The molecule has 12 nitrogen and oxygen atoms in total. The summed E-state index contributed by atoms with van der Waals surface area (Å²) in [5.41, 5.74) is 2.54. The molecule has 0 spiro atoms. The van der Waals surface area contributed by atoms with E-state index in [4.69, 9.17) is 9.47 Å². The number of amides is 4. The lowest BCUT2D eigenvalue weighted by Crippen LogP contribution is -2.35. The first-order valence-corrected chi connectivity index (χ1v) is 17.9. The molecule has 0 unspecified atom stereocenters. The van der Waals surface area contributed by atoms with Crippen molar-refractivity contribution < 1.29 is 28.7 Å². The highest BCUT2D eigenvalue weighted by Crippen LogP contribution is 2.38. The molecular formula is C37H40N6O6S. The van der Waals surface area contributed by atoms with Crippen molar-refractivity contribution in [2.45, 2.75) is 51.0 Å². The van der Waals surface area contributed by atoms with Gasteiger partial charge >= 0.3 is 0 Å². The molecule has 2 saturated heterocycles. The molecule has 3 aliphatic heterocycles. The van der Waals surface area contributed by atoms with E-state index in [1.165, 1.54) is 24.9 Å². The van der Waals surface area contributed by atoms with E-state index in [0.29, 0.717) is 57.7 Å². The predicted octanol–water partition coefficient (Wildman–Crippen LogP) is 6.25. The summed E-state index contributed by atoms with van der Waals surface area (Å²) in [4.78, 5) is 61.1. The fourth-order valence-electron chi connectivity index (χ4n) is 6.79. The number of carbonyl (C=O) groups is 4. The van der Waals surface area contributed by atoms with Crippen LogP contribution >= 0.6 is 11.3 Å². The lowest BCUT2D eigenvalue weighted by Gasteiger charge is -2.26. The maximum atomic E-state index is 13.2. The van der Waals surface area contributed by atoms with Crippen molar-refractivity contribution in [2.24, 2.45) is 12.0 Å². The first-order chi connectivity index (χ1) is 24.3. The normalized spacial score (nSPS) is 16.9. The van der Waals surface area contributed by atoms with E-state index in [1.54, 1.807) is 36.0 Å². The number of hydrogen-bond acceptors (Lipinski definition) is 8. The van der Waals surface area contributed by atoms with Gasteiger partial charge in [-0.15, -0.1) is 11.3 Å². The van der Waals surface area contributed by atoms with Crippen LogP contribution in [0.3, 0.4) is 0 Å². The van der Waals surface area contributed by atoms with Gasteiger partial charge in [-0.3, -0.25) is 24.2 Å². The van der Waals surface area contributed by atoms with E-state index >= 15 is 0 Å². The van der Waals surface area contributed by atoms with Crippen LogP contribution in [0.25, 0.3) is 10.1 Å². The standard InChI is InChI=1S/C37H40N6O6S/c1-41-22-25(18-29(41)35(45)40-24-10-11-32-23(16-24)17-33(50-32)37(47)42-12-4-3-5-13-42)39-34(44)9-7-15-49-31-20-28-27(19-30(31)48-2)36(46)43-14-6-8-26(43)21-38-28/h10-11,16-22,26H,3-9,12-15H2,1-2H3,(H,39,44)(H,40,45)/t26-/m0/s1. The van der Waals surface area contributed by atoms with Gasteiger partial charge in [-0.1, -0.05) is 0 Å². The molecule has 0 bridgehead atoms. The number of aryl methyl sites for hydroxylation is 1. The number of benzene rings is 2. The number of fused-ring (bicyclic) bond motifs is 3. The van der Waals surface area contributed by atoms with Gasteiger partial charge in [0, 0.05) is 62.0 Å². The van der Waals surface area contributed by atoms with Gasteiger partial charge in [0.25, 0.3) is 17.7 Å². The average molecular weight is 697 g/mol. The Morgan fingerprint density at radius 3 is 2.62 bits per heavy atom. The molecule has 4 aromatic rings. The second-order valence-electron chi connectivity index (χ2n) is 12.9. The highest BCUT2D eigenvalue weighted by Gasteiger charge is 2.32. The summed E-state index contributed by atoms with van der Waals surface area (Å²) in [6.07, 6.45) is 9.26. The number of piperidine rings is 1. The van der Waals surface area contributed by atoms with E-state index in [1.807, 2.05) is 40.3 Å². The lowest BCUT2D eigenvalue weighted by atomic mass is 10.1. The number of aliphatic imine (C=N–C) groups is 1. The van der Waals surface area contributed by atoms with Crippen LogP contribution in [0.1, 0.15) is 75.5 Å². The maximum absolute atomic E-state index is 13.2. The Morgan fingerprint density at radius 1 is 0.960 bits per heavy atom. The second-order valence-corrected chi connectivity index (χ2v) is 14.0. The molecule has 3 aliphatic rings. The molecule has 1 atom stereocenters. The number of aromatic nitrogens is 1. The topological polar surface area (TPSA) is 135 Å². The third-order valence-corrected chi connectivity index (χ3v) is 10.5. The van der Waals surface area contributed by atoms with E-state index in [-0.39, 0.29) is 42.7 Å². The van der Waals surface area contributed by atoms with Crippen LogP contribution in [-0.2, 0) is 11.8 Å². The monoisotopic (exact) mass is 696 g/mol. The quantitative estimate of drug-likeness (QED) is 0.189. The van der Waals surface area contributed by atoms with Crippen LogP contribution in [0.5, 0.6) is 11.5 Å². The SMILES string of the molecule is COc1cc2c(cc1OCCCC(=O)Nc1cc(C(=O)Nc3ccc4sc(C(=O)N5CCCCC5)cc4c3)n(C)c1)N=C[C@@H]1CCCN1C2=O. The van der Waals surface area contributed by atoms with E-state index in [2.05, 4.69) is 15.6 Å². The van der Waals surface area contributed by atoms with Crippen LogP contribution in [-0.4, -0.2) is 83.6 Å². The molecule has 4 amide bonds. The number of anilines is 2. The molecule has 5 heterocycles. The number of thiophene rings is 1. The van der Waals surface area contributed by atoms with Crippen LogP contribution in [0.4, 0.5) is 17.1 Å². The fourth-order valence-corrected chi connectivity index (χ4v) is 7.80. The van der Waals surface area contributed by atoms with Crippen molar-refractivity contribution >= 4 is 68.3 Å². The zero-order valence-electron chi connectivity index (χ0n) is 28.2. The van der Waals surface area contributed by atoms with Crippen LogP contribution in [0.15, 0.2) is 53.7 Å². The van der Waals surface area contributed by atoms with Crippen molar-refractivity contribution in [1.29, 1.82) is 0 Å². The molecule has 2 fully saturated rings. The molecule has 0 radical (unpaired) electrons. The van der Waals surface area contributed by atoms with Crippen molar-refractivity contribution in [3.05, 3.63) is 64.8 Å². The Morgan fingerprint density at radius 2 is 1.80 bits per heavy atom. The zero-order valence-corrected chi connectivity index (χ0v) is 29.0. The molecule has 2 aromatic heterocycles. The third kappa shape index (κ3) is 6.95. The third-order valence-electron chi connectivity index (χ3n) is 9.41. The molecule has 2 N–H and O–H groups in total. The van der Waals surface area contributed by atoms with Crippen molar-refractivity contribution in [1.82, 2.24) is 14.4 Å². The summed E-state index contributed by atoms with van der Waals surface area (Å²) in [5.74, 6) is 0.380. The highest BCUT2D eigenvalue weighted by atomic mass is 32.1. The van der Waals surface area contributed by atoms with Crippen LogP contribution in [0, 0.1) is 0 Å². The van der Waals surface area contributed by atoms with Crippen molar-refractivity contribution in [3.63, 3.8) is 0 Å². The average Bonchev–Trinajstić information content (AvgIpc) is 3.85. The van der Waals surface area contributed by atoms with E-state index in [9.17, 15) is 19.2 Å². The minimum absolute atomic E-state index is 0.0111. The van der Waals surface area contributed by atoms with E-state index in [0.717, 1.165) is 48.9 Å². The zero-order chi connectivity index (χ0) is 34.8. The van der Waals surface area contributed by atoms with Crippen LogP contribution < -0.4 is 20.1 Å². The number of nitrogens with one attached hydrogen (secondary N) is 2. The molecule has 2 aromatic carbocycles. The highest BCUT2D eigenvalue weighted by molar-refractivity contribution is 7.20. The number of carbonyl (C=O) groups excluding carboxylic acids is 4. The molecular weight excluding hydrogens is 657 g/mol. The molecule has 7 rings (SSSR count). The predicted molar refractivity (Wildman–Crippen MR) is 194 cm³/mol. The summed E-state index contributed by atoms with van der Waals surface area (Å²) < 4.78 is 14.1. The number of hydrogen-bond donors (Lipinski definition) is 2. The number of likely N-dealkylation sites (tertiary alicyclic amines) is 1. The fraction of sp³-hybridized carbons (Fsp3) is 0.378. The maximum Gasteiger partial charge on any atom is 0.272 e. The molecule has 0 saturated carbocycles. The molecule has 50 heavy (non-hydrogen) atoms. The van der Waals surface area contributed by atoms with Gasteiger partial charge in [-0.25, -0.2) is 0 Å². The Balaban J connectivity index is 0.917. The molecule has 0 aliphatic carbocycles.